The zero-order valence-electron chi connectivity index (χ0n) is 9.21. The quantitative estimate of drug-likeness (QED) is 0.857. The van der Waals surface area contributed by atoms with Crippen LogP contribution in [-0.4, -0.2) is 26.0 Å². The molecule has 0 bridgehead atoms. The topological polar surface area (TPSA) is 50.9 Å². The van der Waals surface area contributed by atoms with E-state index in [0.717, 1.165) is 12.4 Å². The molecule has 2 aromatic rings. The van der Waals surface area contributed by atoms with Gasteiger partial charge in [0.2, 0.25) is 0 Å². The lowest BCUT2D eigenvalue weighted by atomic mass is 10.1. The third kappa shape index (κ3) is 2.68. The molecule has 2 rings (SSSR count). The van der Waals surface area contributed by atoms with E-state index in [1.165, 1.54) is 11.9 Å². The van der Waals surface area contributed by atoms with Crippen molar-refractivity contribution in [1.29, 1.82) is 0 Å². The Morgan fingerprint density at radius 3 is 3.06 bits per heavy atom. The van der Waals surface area contributed by atoms with Crippen molar-refractivity contribution in [3.63, 3.8) is 0 Å². The molecular weight excluding hydrogens is 222 g/mol. The number of nitrogens with zero attached hydrogens (tertiary/aromatic N) is 3. The van der Waals surface area contributed by atoms with E-state index in [2.05, 4.69) is 15.5 Å². The van der Waals surface area contributed by atoms with Gasteiger partial charge in [-0.25, -0.2) is 4.98 Å². The van der Waals surface area contributed by atoms with Crippen LogP contribution in [-0.2, 0) is 19.4 Å². The Morgan fingerprint density at radius 2 is 2.38 bits per heavy atom. The zero-order valence-corrected chi connectivity index (χ0v) is 10.0. The van der Waals surface area contributed by atoms with Crippen LogP contribution in [0.3, 0.4) is 0 Å². The molecule has 1 unspecified atom stereocenters. The van der Waals surface area contributed by atoms with Gasteiger partial charge in [0.15, 0.2) is 0 Å². The molecule has 2 aromatic heterocycles. The maximum atomic E-state index is 9.94. The average molecular weight is 237 g/mol. The average Bonchev–Trinajstić information content (AvgIpc) is 2.88. The molecule has 0 saturated heterocycles. The van der Waals surface area contributed by atoms with Gasteiger partial charge in [-0.15, -0.1) is 0 Å². The van der Waals surface area contributed by atoms with Gasteiger partial charge in [-0.3, -0.25) is 4.68 Å². The Morgan fingerprint density at radius 1 is 1.50 bits per heavy atom. The fourth-order valence-electron chi connectivity index (χ4n) is 1.67. The first-order valence-electron chi connectivity index (χ1n) is 5.35. The number of hydrogen-bond donors (Lipinski definition) is 1. The normalized spacial score (nSPS) is 12.9. The maximum Gasteiger partial charge on any atom is 0.138 e. The molecule has 1 N–H and O–H groups in total. The number of aromatic nitrogens is 3. The van der Waals surface area contributed by atoms with Crippen molar-refractivity contribution in [3.05, 3.63) is 34.5 Å². The summed E-state index contributed by atoms with van der Waals surface area (Å²) in [6.45, 7) is 2.81. The fraction of sp³-hybridized carbons (Fsp3) is 0.455. The monoisotopic (exact) mass is 237 g/mol. The van der Waals surface area contributed by atoms with Crippen LogP contribution in [0, 0.1) is 0 Å². The van der Waals surface area contributed by atoms with Gasteiger partial charge in [-0.05, 0) is 35.7 Å². The molecule has 1 atom stereocenters. The van der Waals surface area contributed by atoms with E-state index in [9.17, 15) is 5.11 Å². The second-order valence-corrected chi connectivity index (χ2v) is 4.47. The molecule has 4 nitrogen and oxygen atoms in total. The predicted molar refractivity (Wildman–Crippen MR) is 63.4 cm³/mol. The van der Waals surface area contributed by atoms with Crippen LogP contribution in [0.2, 0.25) is 0 Å². The van der Waals surface area contributed by atoms with E-state index < -0.39 is 0 Å². The molecule has 86 valence electrons. The molecule has 0 aliphatic rings. The zero-order chi connectivity index (χ0) is 11.4. The van der Waals surface area contributed by atoms with Crippen molar-refractivity contribution < 1.29 is 5.11 Å². The summed E-state index contributed by atoms with van der Waals surface area (Å²) < 4.78 is 1.82. The third-order valence-corrected chi connectivity index (χ3v) is 3.20. The maximum absolute atomic E-state index is 9.94. The molecule has 0 aliphatic carbocycles. The van der Waals surface area contributed by atoms with Gasteiger partial charge < -0.3 is 5.11 Å². The fourth-order valence-corrected chi connectivity index (χ4v) is 2.36. The highest BCUT2D eigenvalue weighted by Crippen LogP contribution is 2.11. The van der Waals surface area contributed by atoms with Crippen LogP contribution in [0.1, 0.15) is 18.3 Å². The molecule has 0 aromatic carbocycles. The van der Waals surface area contributed by atoms with Gasteiger partial charge >= 0.3 is 0 Å². The first-order chi connectivity index (χ1) is 7.79. The Hall–Kier alpha value is -1.20. The van der Waals surface area contributed by atoms with E-state index in [4.69, 9.17) is 0 Å². The summed E-state index contributed by atoms with van der Waals surface area (Å²) in [7, 11) is 0. The van der Waals surface area contributed by atoms with Gasteiger partial charge in [0.25, 0.3) is 0 Å². The van der Waals surface area contributed by atoms with E-state index >= 15 is 0 Å². The molecule has 0 amide bonds. The van der Waals surface area contributed by atoms with Crippen LogP contribution in [0.15, 0.2) is 23.2 Å². The van der Waals surface area contributed by atoms with E-state index in [0.29, 0.717) is 12.8 Å². The Labute approximate surface area is 98.6 Å². The summed E-state index contributed by atoms with van der Waals surface area (Å²) in [6.07, 6.45) is 2.39. The number of aliphatic hydroxyl groups is 1. The van der Waals surface area contributed by atoms with Crippen LogP contribution < -0.4 is 0 Å². The Kier molecular flexibility index (Phi) is 3.69. The van der Waals surface area contributed by atoms with Crippen LogP contribution in [0.25, 0.3) is 0 Å². The highest BCUT2D eigenvalue weighted by Gasteiger charge is 2.11. The molecule has 16 heavy (non-hydrogen) atoms. The van der Waals surface area contributed by atoms with Crippen molar-refractivity contribution in [2.24, 2.45) is 0 Å². The third-order valence-electron chi connectivity index (χ3n) is 2.46. The molecule has 0 fully saturated rings. The standard InChI is InChI=1S/C11H15N3OS/c1-2-14-11(12-8-13-14)6-10(15)5-9-3-4-16-7-9/h3-4,7-8,10,15H,2,5-6H2,1H3. The minimum absolute atomic E-state index is 0.385. The molecule has 5 heteroatoms. The van der Waals surface area contributed by atoms with Crippen molar-refractivity contribution in [2.75, 3.05) is 0 Å². The summed E-state index contributed by atoms with van der Waals surface area (Å²) in [6, 6.07) is 2.04. The first kappa shape index (κ1) is 11.3. The number of rotatable bonds is 5. The lowest BCUT2D eigenvalue weighted by Gasteiger charge is -2.09. The van der Waals surface area contributed by atoms with Gasteiger partial charge in [0, 0.05) is 13.0 Å². The number of thiophene rings is 1. The van der Waals surface area contributed by atoms with Crippen LogP contribution in [0.4, 0.5) is 0 Å². The molecule has 0 saturated carbocycles. The van der Waals surface area contributed by atoms with Crippen molar-refractivity contribution >= 4 is 11.3 Å². The number of hydrogen-bond acceptors (Lipinski definition) is 4. The van der Waals surface area contributed by atoms with Crippen molar-refractivity contribution in [3.8, 4) is 0 Å². The molecule has 0 spiro atoms. The van der Waals surface area contributed by atoms with Gasteiger partial charge in [-0.1, -0.05) is 0 Å². The summed E-state index contributed by atoms with van der Waals surface area (Å²) in [4.78, 5) is 4.15. The van der Waals surface area contributed by atoms with Gasteiger partial charge in [-0.2, -0.15) is 16.4 Å². The van der Waals surface area contributed by atoms with Gasteiger partial charge in [0.05, 0.1) is 6.10 Å². The minimum Gasteiger partial charge on any atom is -0.392 e. The summed E-state index contributed by atoms with van der Waals surface area (Å²) in [5, 5.41) is 18.1. The minimum atomic E-state index is -0.385. The molecule has 0 radical (unpaired) electrons. The van der Waals surface area contributed by atoms with E-state index in [-0.39, 0.29) is 6.10 Å². The van der Waals surface area contributed by atoms with Crippen LogP contribution >= 0.6 is 11.3 Å². The second-order valence-electron chi connectivity index (χ2n) is 3.69. The largest absolute Gasteiger partial charge is 0.392 e. The predicted octanol–water partition coefficient (Wildman–Crippen LogP) is 1.51. The lowest BCUT2D eigenvalue weighted by Crippen LogP contribution is -2.17. The smallest absolute Gasteiger partial charge is 0.138 e. The van der Waals surface area contributed by atoms with E-state index in [1.54, 1.807) is 11.3 Å². The van der Waals surface area contributed by atoms with Crippen LogP contribution in [0.5, 0.6) is 0 Å². The highest BCUT2D eigenvalue weighted by atomic mass is 32.1. The number of aryl methyl sites for hydroxylation is 1. The Balaban J connectivity index is 1.94. The highest BCUT2D eigenvalue weighted by molar-refractivity contribution is 7.07. The van der Waals surface area contributed by atoms with Crippen molar-refractivity contribution in [1.82, 2.24) is 14.8 Å². The first-order valence-corrected chi connectivity index (χ1v) is 6.29. The lowest BCUT2D eigenvalue weighted by molar-refractivity contribution is 0.171. The van der Waals surface area contributed by atoms with Crippen molar-refractivity contribution in [2.45, 2.75) is 32.4 Å². The molecular formula is C11H15N3OS. The molecule has 2 heterocycles. The van der Waals surface area contributed by atoms with E-state index in [1.807, 2.05) is 23.1 Å². The summed E-state index contributed by atoms with van der Waals surface area (Å²) in [5.74, 6) is 0.852. The second kappa shape index (κ2) is 5.23. The summed E-state index contributed by atoms with van der Waals surface area (Å²) >= 11 is 1.65. The van der Waals surface area contributed by atoms with Gasteiger partial charge in [0.1, 0.15) is 12.2 Å². The molecule has 0 aliphatic heterocycles. The number of aliphatic hydroxyl groups excluding tert-OH is 1. The SMILES string of the molecule is CCn1ncnc1CC(O)Cc1ccsc1. The Bertz CT molecular complexity index is 424. The summed E-state index contributed by atoms with van der Waals surface area (Å²) in [5.41, 5.74) is 1.18.